The van der Waals surface area contributed by atoms with Crippen LogP contribution in [0.3, 0.4) is 0 Å². The van der Waals surface area contributed by atoms with E-state index in [0.29, 0.717) is 0 Å². The minimum absolute atomic E-state index is 0.811. The van der Waals surface area contributed by atoms with Gasteiger partial charge in [0.25, 0.3) is 0 Å². The Hall–Kier alpha value is -0.260. The second kappa shape index (κ2) is 7.96. The molecule has 0 fully saturated rings. The smallest absolute Gasteiger partial charge is 0.0322 e. The molecule has 0 aliphatic rings. The van der Waals surface area contributed by atoms with E-state index in [2.05, 4.69) is 47.3 Å². The molecule has 0 nitrogen and oxygen atoms in total. The Kier molecular flexibility index (Phi) is 7.82. The van der Waals surface area contributed by atoms with Gasteiger partial charge in [0.05, 0.1) is 0 Å². The van der Waals surface area contributed by atoms with E-state index in [1.54, 1.807) is 0 Å². The number of rotatable bonds is 8. The van der Waals surface area contributed by atoms with E-state index in [1.807, 2.05) is 0 Å². The topological polar surface area (TPSA) is 0 Å². The number of allylic oxidation sites excluding steroid dienone is 1. The Labute approximate surface area is 97.2 Å². The minimum Gasteiger partial charge on any atom is -0.103 e. The Morgan fingerprint density at radius 3 is 2.07 bits per heavy atom. The van der Waals surface area contributed by atoms with Gasteiger partial charge >= 0.3 is 0 Å². The van der Waals surface area contributed by atoms with Gasteiger partial charge in [-0.05, 0) is 36.5 Å². The predicted octanol–water partition coefficient (Wildman–Crippen LogP) is 5.30. The molecule has 3 atom stereocenters. The molecule has 0 aliphatic carbocycles. The van der Waals surface area contributed by atoms with Crippen molar-refractivity contribution in [2.24, 2.45) is 23.7 Å². The molecule has 0 aromatic rings. The quantitative estimate of drug-likeness (QED) is 0.477. The molecule has 15 heavy (non-hydrogen) atoms. The molecule has 0 aromatic carbocycles. The van der Waals surface area contributed by atoms with E-state index in [9.17, 15) is 0 Å². The molecular weight excluding hydrogens is 180 g/mol. The van der Waals surface area contributed by atoms with Crippen LogP contribution in [0.15, 0.2) is 12.7 Å². The van der Waals surface area contributed by atoms with Gasteiger partial charge in [0.2, 0.25) is 0 Å². The van der Waals surface area contributed by atoms with Crippen LogP contribution in [0, 0.1) is 23.7 Å². The summed E-state index contributed by atoms with van der Waals surface area (Å²) in [6, 6.07) is 0. The summed E-state index contributed by atoms with van der Waals surface area (Å²) >= 11 is 0. The van der Waals surface area contributed by atoms with Gasteiger partial charge in [-0.1, -0.05) is 53.5 Å². The van der Waals surface area contributed by atoms with E-state index < -0.39 is 0 Å². The van der Waals surface area contributed by atoms with Crippen LogP contribution in [0.1, 0.15) is 60.3 Å². The lowest BCUT2D eigenvalue weighted by Gasteiger charge is -2.27. The molecule has 0 rings (SSSR count). The van der Waals surface area contributed by atoms with Crippen molar-refractivity contribution in [1.82, 2.24) is 0 Å². The van der Waals surface area contributed by atoms with Crippen molar-refractivity contribution >= 4 is 0 Å². The molecule has 0 bridgehead atoms. The van der Waals surface area contributed by atoms with Gasteiger partial charge < -0.3 is 0 Å². The van der Waals surface area contributed by atoms with Gasteiger partial charge in [-0.15, -0.1) is 6.58 Å². The molecule has 3 unspecified atom stereocenters. The van der Waals surface area contributed by atoms with Crippen molar-refractivity contribution in [3.8, 4) is 0 Å². The van der Waals surface area contributed by atoms with Gasteiger partial charge in [-0.2, -0.15) is 0 Å². The predicted molar refractivity (Wildman–Crippen MR) is 71.0 cm³/mol. The molecule has 0 heteroatoms. The third kappa shape index (κ3) is 6.02. The SMILES string of the molecule is C=CCC(CC(C)C(C)C)C(C)CCC. The highest BCUT2D eigenvalue weighted by molar-refractivity contribution is 4.78. The highest BCUT2D eigenvalue weighted by atomic mass is 14.2. The van der Waals surface area contributed by atoms with Crippen LogP contribution in [-0.2, 0) is 0 Å². The van der Waals surface area contributed by atoms with Gasteiger partial charge in [0, 0.05) is 0 Å². The summed E-state index contributed by atoms with van der Waals surface area (Å²) in [6.45, 7) is 15.6. The van der Waals surface area contributed by atoms with E-state index in [0.717, 1.165) is 23.7 Å². The van der Waals surface area contributed by atoms with Crippen LogP contribution in [0.2, 0.25) is 0 Å². The largest absolute Gasteiger partial charge is 0.103 e. The summed E-state index contributed by atoms with van der Waals surface area (Å²) in [5, 5.41) is 0. The maximum atomic E-state index is 3.90. The monoisotopic (exact) mass is 210 g/mol. The highest BCUT2D eigenvalue weighted by Crippen LogP contribution is 2.30. The molecule has 0 saturated carbocycles. The Bertz CT molecular complexity index is 157. The fourth-order valence-electron chi connectivity index (χ4n) is 2.22. The fraction of sp³-hybridized carbons (Fsp3) is 0.867. The molecule has 0 amide bonds. The van der Waals surface area contributed by atoms with Gasteiger partial charge in [0.1, 0.15) is 0 Å². The van der Waals surface area contributed by atoms with Crippen LogP contribution in [0.25, 0.3) is 0 Å². The highest BCUT2D eigenvalue weighted by Gasteiger charge is 2.19. The molecule has 0 aromatic heterocycles. The molecule has 0 saturated heterocycles. The molecule has 0 spiro atoms. The van der Waals surface area contributed by atoms with Crippen LogP contribution >= 0.6 is 0 Å². The van der Waals surface area contributed by atoms with Crippen molar-refractivity contribution in [2.75, 3.05) is 0 Å². The van der Waals surface area contributed by atoms with Crippen molar-refractivity contribution in [3.63, 3.8) is 0 Å². The molecule has 90 valence electrons. The van der Waals surface area contributed by atoms with Crippen LogP contribution < -0.4 is 0 Å². The van der Waals surface area contributed by atoms with Crippen LogP contribution in [-0.4, -0.2) is 0 Å². The molecule has 0 heterocycles. The first-order chi connectivity index (χ1) is 7.02. The first-order valence-corrected chi connectivity index (χ1v) is 6.63. The van der Waals surface area contributed by atoms with Crippen LogP contribution in [0.5, 0.6) is 0 Å². The average molecular weight is 210 g/mol. The van der Waals surface area contributed by atoms with E-state index in [4.69, 9.17) is 0 Å². The third-order valence-electron chi connectivity index (χ3n) is 3.83. The first-order valence-electron chi connectivity index (χ1n) is 6.63. The standard InChI is InChI=1S/C15H30/c1-7-9-13(5)15(10-8-2)11-14(6)12(3)4/h8,12-15H,2,7,9-11H2,1,3-6H3. The lowest BCUT2D eigenvalue weighted by molar-refractivity contribution is 0.246. The van der Waals surface area contributed by atoms with E-state index in [1.165, 1.54) is 25.7 Å². The van der Waals surface area contributed by atoms with Crippen molar-refractivity contribution in [2.45, 2.75) is 60.3 Å². The minimum atomic E-state index is 0.811. The third-order valence-corrected chi connectivity index (χ3v) is 3.83. The van der Waals surface area contributed by atoms with Crippen molar-refractivity contribution < 1.29 is 0 Å². The Morgan fingerprint density at radius 2 is 1.67 bits per heavy atom. The summed E-state index contributed by atoms with van der Waals surface area (Å²) < 4.78 is 0. The Morgan fingerprint density at radius 1 is 1.07 bits per heavy atom. The van der Waals surface area contributed by atoms with Gasteiger partial charge in [-0.3, -0.25) is 0 Å². The maximum Gasteiger partial charge on any atom is -0.0322 e. The Balaban J connectivity index is 4.19. The van der Waals surface area contributed by atoms with Gasteiger partial charge in [-0.25, -0.2) is 0 Å². The molecule has 0 aliphatic heterocycles. The zero-order valence-corrected chi connectivity index (χ0v) is 11.4. The summed E-state index contributed by atoms with van der Waals surface area (Å²) in [4.78, 5) is 0. The number of hydrogen-bond acceptors (Lipinski definition) is 0. The molecular formula is C15H30. The van der Waals surface area contributed by atoms with E-state index >= 15 is 0 Å². The van der Waals surface area contributed by atoms with Crippen LogP contribution in [0.4, 0.5) is 0 Å². The molecule has 0 radical (unpaired) electrons. The lowest BCUT2D eigenvalue weighted by atomic mass is 9.79. The number of hydrogen-bond donors (Lipinski definition) is 0. The zero-order chi connectivity index (χ0) is 11.8. The summed E-state index contributed by atoms with van der Waals surface area (Å²) in [6.07, 6.45) is 7.33. The normalized spacial score (nSPS) is 17.5. The molecule has 0 N–H and O–H groups in total. The maximum absolute atomic E-state index is 3.90. The van der Waals surface area contributed by atoms with E-state index in [-0.39, 0.29) is 0 Å². The first kappa shape index (κ1) is 14.7. The average Bonchev–Trinajstić information content (AvgIpc) is 2.17. The summed E-state index contributed by atoms with van der Waals surface area (Å²) in [5.74, 6) is 3.36. The fourth-order valence-corrected chi connectivity index (χ4v) is 2.22. The van der Waals surface area contributed by atoms with Crippen molar-refractivity contribution in [1.29, 1.82) is 0 Å². The summed E-state index contributed by atoms with van der Waals surface area (Å²) in [5.41, 5.74) is 0. The second-order valence-electron chi connectivity index (χ2n) is 5.51. The summed E-state index contributed by atoms with van der Waals surface area (Å²) in [7, 11) is 0. The van der Waals surface area contributed by atoms with Crippen molar-refractivity contribution in [3.05, 3.63) is 12.7 Å². The lowest BCUT2D eigenvalue weighted by Crippen LogP contribution is -2.17. The second-order valence-corrected chi connectivity index (χ2v) is 5.51. The van der Waals surface area contributed by atoms with Gasteiger partial charge in [0.15, 0.2) is 0 Å². The zero-order valence-electron chi connectivity index (χ0n) is 11.4.